The molecule has 0 aromatic heterocycles. The fourth-order valence-corrected chi connectivity index (χ4v) is 3.52. The lowest BCUT2D eigenvalue weighted by Crippen LogP contribution is -2.76. The molecule has 3 saturated heterocycles. The van der Waals surface area contributed by atoms with Gasteiger partial charge in [0.1, 0.15) is 11.8 Å². The Morgan fingerprint density at radius 3 is 2.79 bits per heavy atom. The molecule has 3 atom stereocenters. The highest BCUT2D eigenvalue weighted by Crippen LogP contribution is 2.40. The van der Waals surface area contributed by atoms with Crippen LogP contribution >= 0.6 is 0 Å². The zero-order valence-electron chi connectivity index (χ0n) is 12.3. The topological polar surface area (TPSA) is 42.0 Å². The van der Waals surface area contributed by atoms with Crippen LogP contribution in [0.2, 0.25) is 0 Å². The molecule has 0 radical (unpaired) electrons. The summed E-state index contributed by atoms with van der Waals surface area (Å²) in [5, 5.41) is 0. The van der Waals surface area contributed by atoms with Gasteiger partial charge in [-0.05, 0) is 26.2 Å². The van der Waals surface area contributed by atoms with E-state index in [4.69, 9.17) is 9.47 Å². The second kappa shape index (κ2) is 4.43. The summed E-state index contributed by atoms with van der Waals surface area (Å²) in [5.41, 5.74) is -0.387. The van der Waals surface area contributed by atoms with E-state index in [1.165, 1.54) is 0 Å². The highest BCUT2D eigenvalue weighted by atomic mass is 16.5. The Balaban J connectivity index is 1.85. The number of amides is 1. The lowest BCUT2D eigenvalue weighted by molar-refractivity contribution is -0.227. The Hall–Kier alpha value is -0.650. The molecule has 0 unspecified atom stereocenters. The highest BCUT2D eigenvalue weighted by molar-refractivity contribution is 5.89. The molecule has 108 valence electrons. The maximum atomic E-state index is 12.4. The van der Waals surface area contributed by atoms with Gasteiger partial charge >= 0.3 is 0 Å². The predicted octanol–water partition coefficient (Wildman–Crippen LogP) is 1.04. The van der Waals surface area contributed by atoms with Crippen molar-refractivity contribution in [1.29, 1.82) is 0 Å². The average molecular weight is 268 g/mol. The van der Waals surface area contributed by atoms with Crippen molar-refractivity contribution in [1.82, 2.24) is 9.80 Å². The van der Waals surface area contributed by atoms with Crippen LogP contribution in [0.25, 0.3) is 0 Å². The molecule has 3 fully saturated rings. The van der Waals surface area contributed by atoms with Crippen molar-refractivity contribution < 1.29 is 14.3 Å². The molecular formula is C14H24N2O3. The predicted molar refractivity (Wildman–Crippen MR) is 70.4 cm³/mol. The number of rotatable bonds is 2. The first kappa shape index (κ1) is 13.3. The number of carbonyl (C=O) groups is 1. The van der Waals surface area contributed by atoms with Gasteiger partial charge in [0.2, 0.25) is 5.91 Å². The average Bonchev–Trinajstić information content (AvgIpc) is 2.65. The third-order valence-electron chi connectivity index (χ3n) is 4.60. The van der Waals surface area contributed by atoms with Crippen molar-refractivity contribution in [2.24, 2.45) is 5.92 Å². The third-order valence-corrected chi connectivity index (χ3v) is 4.60. The number of nitrogens with zero attached hydrogens (tertiary/aromatic N) is 2. The summed E-state index contributed by atoms with van der Waals surface area (Å²) >= 11 is 0. The van der Waals surface area contributed by atoms with Gasteiger partial charge in [0.25, 0.3) is 0 Å². The second-order valence-electron chi connectivity index (χ2n) is 6.57. The van der Waals surface area contributed by atoms with Crippen LogP contribution < -0.4 is 0 Å². The first-order valence-corrected chi connectivity index (χ1v) is 7.28. The molecule has 5 nitrogen and oxygen atoms in total. The summed E-state index contributed by atoms with van der Waals surface area (Å²) in [6.45, 7) is 10.8. The largest absolute Gasteiger partial charge is 0.359 e. The van der Waals surface area contributed by atoms with Crippen LogP contribution in [-0.4, -0.2) is 59.5 Å². The van der Waals surface area contributed by atoms with Crippen molar-refractivity contribution >= 4 is 5.91 Å². The summed E-state index contributed by atoms with van der Waals surface area (Å²) in [6.07, 6.45) is 0.881. The van der Waals surface area contributed by atoms with E-state index in [0.717, 1.165) is 19.6 Å². The molecule has 3 heterocycles. The molecule has 1 amide bonds. The number of β-lactam (4-membered cyclic amide) rings is 1. The summed E-state index contributed by atoms with van der Waals surface area (Å²) in [6, 6.07) is 0.127. The van der Waals surface area contributed by atoms with Crippen molar-refractivity contribution in [2.75, 3.05) is 19.8 Å². The van der Waals surface area contributed by atoms with Gasteiger partial charge in [-0.2, -0.15) is 0 Å². The van der Waals surface area contributed by atoms with Crippen LogP contribution in [0.1, 0.15) is 34.1 Å². The Labute approximate surface area is 114 Å². The molecule has 5 heteroatoms. The van der Waals surface area contributed by atoms with E-state index in [1.54, 1.807) is 0 Å². The van der Waals surface area contributed by atoms with Crippen molar-refractivity contribution in [3.63, 3.8) is 0 Å². The monoisotopic (exact) mass is 268 g/mol. The van der Waals surface area contributed by atoms with E-state index in [2.05, 4.69) is 18.7 Å². The van der Waals surface area contributed by atoms with E-state index < -0.39 is 0 Å². The van der Waals surface area contributed by atoms with Crippen molar-refractivity contribution in [3.05, 3.63) is 0 Å². The zero-order valence-corrected chi connectivity index (χ0v) is 12.3. The quantitative estimate of drug-likeness (QED) is 0.702. The summed E-state index contributed by atoms with van der Waals surface area (Å²) in [5.74, 6) is 0.668. The maximum Gasteiger partial charge on any atom is 0.246 e. The van der Waals surface area contributed by atoms with Crippen LogP contribution in [0.15, 0.2) is 0 Å². The fraction of sp³-hybridized carbons (Fsp3) is 0.929. The van der Waals surface area contributed by atoms with Crippen LogP contribution in [0, 0.1) is 5.92 Å². The third kappa shape index (κ3) is 1.90. The Bertz CT molecular complexity index is 383. The van der Waals surface area contributed by atoms with Gasteiger partial charge < -0.3 is 14.4 Å². The number of ether oxygens (including phenoxy) is 2. The van der Waals surface area contributed by atoms with E-state index >= 15 is 0 Å². The minimum Gasteiger partial charge on any atom is -0.359 e. The van der Waals surface area contributed by atoms with Gasteiger partial charge in [-0.25, -0.2) is 0 Å². The van der Waals surface area contributed by atoms with Crippen molar-refractivity contribution in [2.45, 2.75) is 58.2 Å². The van der Waals surface area contributed by atoms with Gasteiger partial charge in [0.05, 0.1) is 13.2 Å². The van der Waals surface area contributed by atoms with E-state index in [-0.39, 0.29) is 29.9 Å². The minimum absolute atomic E-state index is 0.0662. The molecule has 3 aliphatic rings. The normalized spacial score (nSPS) is 38.5. The van der Waals surface area contributed by atoms with E-state index in [9.17, 15) is 4.79 Å². The van der Waals surface area contributed by atoms with Gasteiger partial charge in [0.15, 0.2) is 6.23 Å². The zero-order chi connectivity index (χ0) is 13.8. The molecule has 3 aliphatic heterocycles. The summed E-state index contributed by atoms with van der Waals surface area (Å²) in [4.78, 5) is 16.5. The number of fused-ring (bicyclic) bond motifs is 1. The van der Waals surface area contributed by atoms with Gasteiger partial charge in [-0.3, -0.25) is 9.69 Å². The molecule has 0 saturated carbocycles. The second-order valence-corrected chi connectivity index (χ2v) is 6.57. The Kier molecular flexibility index (Phi) is 3.11. The standard InChI is InChI=1S/C14H24N2O3/c1-9(2)10-8-19-14(3,4)16(10)11-12(17)15-6-5-7-18-13(11)15/h9-11,13H,5-8H2,1-4H3/t10-,11-,13+/m1/s1. The lowest BCUT2D eigenvalue weighted by Gasteiger charge is -2.55. The van der Waals surface area contributed by atoms with Crippen molar-refractivity contribution in [3.8, 4) is 0 Å². The molecule has 0 bridgehead atoms. The highest BCUT2D eigenvalue weighted by Gasteiger charge is 2.59. The van der Waals surface area contributed by atoms with E-state index in [0.29, 0.717) is 12.5 Å². The Morgan fingerprint density at radius 2 is 2.11 bits per heavy atom. The Morgan fingerprint density at radius 1 is 1.37 bits per heavy atom. The van der Waals surface area contributed by atoms with Gasteiger partial charge in [-0.1, -0.05) is 13.8 Å². The first-order chi connectivity index (χ1) is 8.93. The molecule has 0 aromatic carbocycles. The first-order valence-electron chi connectivity index (χ1n) is 7.28. The molecular weight excluding hydrogens is 244 g/mol. The number of carbonyl (C=O) groups excluding carboxylic acids is 1. The smallest absolute Gasteiger partial charge is 0.246 e. The summed E-state index contributed by atoms with van der Waals surface area (Å²) in [7, 11) is 0. The number of hydrogen-bond acceptors (Lipinski definition) is 4. The minimum atomic E-state index is -0.387. The molecule has 3 rings (SSSR count). The fourth-order valence-electron chi connectivity index (χ4n) is 3.52. The maximum absolute atomic E-state index is 12.4. The molecule has 0 aromatic rings. The van der Waals surface area contributed by atoms with E-state index in [1.807, 2.05) is 18.7 Å². The van der Waals surface area contributed by atoms with Crippen LogP contribution in [0.5, 0.6) is 0 Å². The molecule has 0 spiro atoms. The molecule has 19 heavy (non-hydrogen) atoms. The lowest BCUT2D eigenvalue weighted by atomic mass is 9.93. The molecule has 0 aliphatic carbocycles. The number of hydrogen-bond donors (Lipinski definition) is 0. The molecule has 0 N–H and O–H groups in total. The van der Waals surface area contributed by atoms with Crippen LogP contribution in [0.4, 0.5) is 0 Å². The van der Waals surface area contributed by atoms with Crippen LogP contribution in [0.3, 0.4) is 0 Å². The SMILES string of the molecule is CC(C)[C@H]1COC(C)(C)N1[C@@H]1C(=O)N2CCCO[C@@H]12. The summed E-state index contributed by atoms with van der Waals surface area (Å²) < 4.78 is 11.7. The van der Waals surface area contributed by atoms with Gasteiger partial charge in [-0.15, -0.1) is 0 Å². The van der Waals surface area contributed by atoms with Crippen LogP contribution in [-0.2, 0) is 14.3 Å². The van der Waals surface area contributed by atoms with Gasteiger partial charge in [0, 0.05) is 12.6 Å².